The van der Waals surface area contributed by atoms with E-state index < -0.39 is 40.4 Å². The largest absolute Gasteiger partial charge is 0.476 e. The zero-order valence-corrected chi connectivity index (χ0v) is 24.0. The van der Waals surface area contributed by atoms with Crippen LogP contribution in [0.2, 0.25) is 5.02 Å². The highest BCUT2D eigenvalue weighted by Crippen LogP contribution is 2.35. The maximum Gasteiger partial charge on any atom is 0.416 e. The number of nitrogens with one attached hydrogen (secondary N) is 1. The lowest BCUT2D eigenvalue weighted by Gasteiger charge is -2.13. The van der Waals surface area contributed by atoms with Gasteiger partial charge in [0, 0.05) is 27.9 Å². The molecule has 0 radical (unpaired) electrons. The summed E-state index contributed by atoms with van der Waals surface area (Å²) in [7, 11) is 0. The molecule has 0 saturated heterocycles. The number of aryl methyl sites for hydroxylation is 1. The summed E-state index contributed by atoms with van der Waals surface area (Å²) in [6, 6.07) is 19.6. The highest BCUT2D eigenvalue weighted by atomic mass is 35.5. The van der Waals surface area contributed by atoms with Crippen LogP contribution in [0, 0.1) is 17.0 Å². The zero-order valence-electron chi connectivity index (χ0n) is 23.2. The van der Waals surface area contributed by atoms with Gasteiger partial charge in [-0.1, -0.05) is 54.1 Å². The van der Waals surface area contributed by atoms with Gasteiger partial charge in [-0.3, -0.25) is 19.7 Å². The van der Waals surface area contributed by atoms with E-state index in [2.05, 4.69) is 15.4 Å². The van der Waals surface area contributed by atoms with Gasteiger partial charge < -0.3 is 10.1 Å². The Balaban J connectivity index is 1.59. The predicted molar refractivity (Wildman–Crippen MR) is 163 cm³/mol. The molecule has 0 bridgehead atoms. The summed E-state index contributed by atoms with van der Waals surface area (Å²) < 4.78 is 46.9. The first-order valence-corrected chi connectivity index (χ1v) is 13.5. The number of hydrogen-bond donors (Lipinski definition) is 1. The van der Waals surface area contributed by atoms with Crippen molar-refractivity contribution in [3.8, 4) is 17.1 Å². The lowest BCUT2D eigenvalue weighted by Crippen LogP contribution is -2.22. The van der Waals surface area contributed by atoms with Gasteiger partial charge in [0.25, 0.3) is 11.5 Å². The molecule has 4 aromatic carbocycles. The molecule has 5 aromatic rings. The van der Waals surface area contributed by atoms with E-state index in [9.17, 15) is 32.9 Å². The van der Waals surface area contributed by atoms with E-state index in [-0.39, 0.29) is 38.6 Å². The average Bonchev–Trinajstić information content (AvgIpc) is 3.00. The highest BCUT2D eigenvalue weighted by Gasteiger charge is 2.31. The van der Waals surface area contributed by atoms with Gasteiger partial charge in [0.1, 0.15) is 0 Å². The molecule has 0 aliphatic heterocycles. The zero-order chi connectivity index (χ0) is 32.3. The second-order valence-corrected chi connectivity index (χ2v) is 10.1. The number of nitro benzene ring substituents is 1. The van der Waals surface area contributed by atoms with Crippen LogP contribution < -0.4 is 15.6 Å². The summed E-state index contributed by atoms with van der Waals surface area (Å²) >= 11 is 6.14. The number of aromatic nitrogens is 2. The van der Waals surface area contributed by atoms with Crippen molar-refractivity contribution in [1.29, 1.82) is 0 Å². The summed E-state index contributed by atoms with van der Waals surface area (Å²) in [5, 5.41) is 18.8. The Morgan fingerprint density at radius 2 is 1.82 bits per heavy atom. The van der Waals surface area contributed by atoms with Crippen LogP contribution in [0.1, 0.15) is 16.7 Å². The highest BCUT2D eigenvalue weighted by molar-refractivity contribution is 6.31. The van der Waals surface area contributed by atoms with Crippen molar-refractivity contribution in [2.45, 2.75) is 13.1 Å². The van der Waals surface area contributed by atoms with Crippen molar-refractivity contribution >= 4 is 46.0 Å². The van der Waals surface area contributed by atoms with Gasteiger partial charge in [-0.25, -0.2) is 4.98 Å². The number of halogens is 4. The summed E-state index contributed by atoms with van der Waals surface area (Å²) in [6.45, 7) is 1.15. The molecule has 0 saturated carbocycles. The molecule has 5 rings (SSSR count). The Morgan fingerprint density at radius 1 is 1.09 bits per heavy atom. The van der Waals surface area contributed by atoms with E-state index in [1.165, 1.54) is 30.3 Å². The first kappa shape index (κ1) is 30.9. The predicted octanol–water partition coefficient (Wildman–Crippen LogP) is 6.85. The molecule has 0 spiro atoms. The first-order chi connectivity index (χ1) is 21.4. The van der Waals surface area contributed by atoms with Gasteiger partial charge in [0.05, 0.1) is 27.6 Å². The SMILES string of the molecule is Cc1ccccc1NC(=O)COc1c(C=Nn2c(-c3cccc(C(F)(F)F)c3)nc3ccccc3c2=O)cc(Cl)cc1[N+](=O)[O-]. The minimum atomic E-state index is -4.67. The Morgan fingerprint density at radius 3 is 2.56 bits per heavy atom. The molecular weight excluding hydrogens is 615 g/mol. The van der Waals surface area contributed by atoms with E-state index in [1.807, 2.05) is 0 Å². The van der Waals surface area contributed by atoms with Crippen LogP contribution in [0.4, 0.5) is 24.5 Å². The fourth-order valence-corrected chi connectivity index (χ4v) is 4.62. The molecule has 0 aliphatic carbocycles. The number of amides is 1. The second-order valence-electron chi connectivity index (χ2n) is 9.64. The van der Waals surface area contributed by atoms with Gasteiger partial charge in [-0.05, 0) is 48.9 Å². The third-order valence-corrected chi connectivity index (χ3v) is 6.76. The average molecular weight is 636 g/mol. The standard InChI is InChI=1S/C31H21ClF3N5O5/c1-18-7-2-4-11-24(18)37-27(41)17-45-28-20(14-22(32)15-26(28)40(43)44)16-36-39-29(19-8-6-9-21(13-19)31(33,34)35)38-25-12-5-3-10-23(25)30(39)42/h2-16H,17H2,1H3,(H,37,41). The van der Waals surface area contributed by atoms with Crippen LogP contribution in [0.25, 0.3) is 22.3 Å². The number of carbonyl (C=O) groups excluding carboxylic acids is 1. The number of ether oxygens (including phenoxy) is 1. The molecule has 0 unspecified atom stereocenters. The Hall–Kier alpha value is -5.56. The number of fused-ring (bicyclic) bond motifs is 1. The monoisotopic (exact) mass is 635 g/mol. The maximum atomic E-state index is 13.5. The maximum absolute atomic E-state index is 13.5. The second kappa shape index (κ2) is 12.6. The lowest BCUT2D eigenvalue weighted by atomic mass is 10.1. The number of para-hydroxylation sites is 2. The van der Waals surface area contributed by atoms with Gasteiger partial charge >= 0.3 is 11.9 Å². The van der Waals surface area contributed by atoms with Crippen LogP contribution in [0.15, 0.2) is 94.8 Å². The molecule has 10 nitrogen and oxygen atoms in total. The third kappa shape index (κ3) is 6.83. The lowest BCUT2D eigenvalue weighted by molar-refractivity contribution is -0.385. The topological polar surface area (TPSA) is 129 Å². The summed E-state index contributed by atoms with van der Waals surface area (Å²) in [6.07, 6.45) is -3.65. The van der Waals surface area contributed by atoms with Crippen LogP contribution in [-0.4, -0.2) is 33.3 Å². The van der Waals surface area contributed by atoms with Gasteiger partial charge in [0.2, 0.25) is 5.75 Å². The van der Waals surface area contributed by atoms with Crippen molar-refractivity contribution < 1.29 is 27.6 Å². The minimum absolute atomic E-state index is 0.0637. The van der Waals surface area contributed by atoms with Gasteiger partial charge in [0.15, 0.2) is 12.4 Å². The quantitative estimate of drug-likeness (QED) is 0.113. The molecule has 45 heavy (non-hydrogen) atoms. The van der Waals surface area contributed by atoms with Crippen molar-refractivity contribution in [3.63, 3.8) is 0 Å². The number of nitrogens with zero attached hydrogens (tertiary/aromatic N) is 4. The van der Waals surface area contributed by atoms with Gasteiger partial charge in [-0.2, -0.15) is 22.9 Å². The Kier molecular flexibility index (Phi) is 8.64. The van der Waals surface area contributed by atoms with Crippen LogP contribution in [-0.2, 0) is 11.0 Å². The van der Waals surface area contributed by atoms with E-state index in [0.29, 0.717) is 5.69 Å². The molecule has 1 heterocycles. The molecular formula is C31H21ClF3N5O5. The fourth-order valence-electron chi connectivity index (χ4n) is 4.40. The molecule has 1 aromatic heterocycles. The number of carbonyl (C=O) groups is 1. The molecule has 0 atom stereocenters. The normalized spacial score (nSPS) is 11.6. The summed E-state index contributed by atoms with van der Waals surface area (Å²) in [5.74, 6) is -1.22. The number of alkyl halides is 3. The molecule has 1 N–H and O–H groups in total. The number of nitro groups is 1. The van der Waals surface area contributed by atoms with Crippen molar-refractivity contribution in [1.82, 2.24) is 9.66 Å². The Bertz CT molecular complexity index is 2050. The fraction of sp³-hybridized carbons (Fsp3) is 0.0968. The number of anilines is 1. The molecule has 1 amide bonds. The molecule has 0 aliphatic rings. The molecule has 228 valence electrons. The molecule has 14 heteroatoms. The van der Waals surface area contributed by atoms with Crippen molar-refractivity contribution in [3.05, 3.63) is 127 Å². The summed E-state index contributed by atoms with van der Waals surface area (Å²) in [4.78, 5) is 41.7. The number of hydrogen-bond acceptors (Lipinski definition) is 7. The van der Waals surface area contributed by atoms with Crippen molar-refractivity contribution in [2.24, 2.45) is 5.10 Å². The molecule has 0 fully saturated rings. The van der Waals surface area contributed by atoms with E-state index in [1.54, 1.807) is 43.3 Å². The Labute approximate surface area is 257 Å². The summed E-state index contributed by atoms with van der Waals surface area (Å²) in [5.41, 5.74) is -0.924. The minimum Gasteiger partial charge on any atom is -0.476 e. The van der Waals surface area contributed by atoms with E-state index in [4.69, 9.17) is 16.3 Å². The van der Waals surface area contributed by atoms with Crippen molar-refractivity contribution in [2.75, 3.05) is 11.9 Å². The van der Waals surface area contributed by atoms with Crippen LogP contribution in [0.5, 0.6) is 5.75 Å². The number of benzene rings is 4. The first-order valence-electron chi connectivity index (χ1n) is 13.1. The third-order valence-electron chi connectivity index (χ3n) is 6.54. The van der Waals surface area contributed by atoms with Gasteiger partial charge in [-0.15, -0.1) is 0 Å². The van der Waals surface area contributed by atoms with Crippen LogP contribution >= 0.6 is 11.6 Å². The van der Waals surface area contributed by atoms with E-state index in [0.717, 1.165) is 34.7 Å². The smallest absolute Gasteiger partial charge is 0.416 e. The van der Waals surface area contributed by atoms with Crippen LogP contribution in [0.3, 0.4) is 0 Å². The van der Waals surface area contributed by atoms with E-state index >= 15 is 0 Å². The number of rotatable bonds is 8.